The normalized spacial score (nSPS) is 15.1. The minimum absolute atomic E-state index is 0.0439. The fraction of sp³-hybridized carbons (Fsp3) is 0.409. The summed E-state index contributed by atoms with van der Waals surface area (Å²) in [5.41, 5.74) is 2.06. The molecule has 3 aromatic rings. The molecule has 4 rings (SSSR count). The van der Waals surface area contributed by atoms with Crippen LogP contribution in [0.2, 0.25) is 0 Å². The number of para-hydroxylation sites is 1. The van der Waals surface area contributed by atoms with Crippen molar-refractivity contribution in [3.05, 3.63) is 53.9 Å². The monoisotopic (exact) mass is 395 g/mol. The second kappa shape index (κ2) is 8.19. The maximum Gasteiger partial charge on any atom is 0.270 e. The highest BCUT2D eigenvalue weighted by atomic mass is 19.1. The maximum atomic E-state index is 14.5. The Hall–Kier alpha value is -2.96. The molecule has 0 unspecified atom stereocenters. The van der Waals surface area contributed by atoms with E-state index >= 15 is 0 Å². The van der Waals surface area contributed by atoms with Crippen molar-refractivity contribution in [1.29, 1.82) is 0 Å². The maximum absolute atomic E-state index is 14.5. The van der Waals surface area contributed by atoms with Gasteiger partial charge in [0.15, 0.2) is 11.6 Å². The summed E-state index contributed by atoms with van der Waals surface area (Å²) in [6.45, 7) is 4.01. The van der Waals surface area contributed by atoms with Crippen LogP contribution in [0.1, 0.15) is 35.9 Å². The van der Waals surface area contributed by atoms with E-state index in [4.69, 9.17) is 0 Å². The van der Waals surface area contributed by atoms with Crippen LogP contribution in [-0.2, 0) is 6.42 Å². The highest BCUT2D eigenvalue weighted by molar-refractivity contribution is 5.98. The molecule has 0 saturated carbocycles. The molecule has 1 aromatic carbocycles. The van der Waals surface area contributed by atoms with Gasteiger partial charge in [-0.2, -0.15) is 0 Å². The number of anilines is 1. The number of fused-ring (bicyclic) bond motifs is 1. The lowest BCUT2D eigenvalue weighted by atomic mass is 9.96. The molecular weight excluding hydrogens is 369 g/mol. The van der Waals surface area contributed by atoms with E-state index in [1.165, 1.54) is 6.33 Å². The molecule has 0 radical (unpaired) electrons. The van der Waals surface area contributed by atoms with E-state index in [-0.39, 0.29) is 11.7 Å². The summed E-state index contributed by atoms with van der Waals surface area (Å²) in [5.74, 6) is 0.464. The number of aryl methyl sites for hydroxylation is 1. The number of halogens is 1. The number of amides is 1. The number of aromatic nitrogens is 3. The smallest absolute Gasteiger partial charge is 0.270 e. The number of rotatable bonds is 5. The molecule has 0 bridgehead atoms. The molecule has 29 heavy (non-hydrogen) atoms. The van der Waals surface area contributed by atoms with E-state index in [1.807, 2.05) is 54.1 Å². The molecule has 1 saturated heterocycles. The van der Waals surface area contributed by atoms with Crippen LogP contribution in [0.4, 0.5) is 10.2 Å². The molecule has 3 heterocycles. The number of piperidine rings is 1. The van der Waals surface area contributed by atoms with Crippen molar-refractivity contribution in [3.63, 3.8) is 0 Å². The van der Waals surface area contributed by atoms with Crippen LogP contribution in [0, 0.1) is 11.7 Å². The van der Waals surface area contributed by atoms with Gasteiger partial charge in [-0.15, -0.1) is 0 Å². The molecule has 6 nitrogen and oxygen atoms in total. The average Bonchev–Trinajstić information content (AvgIpc) is 3.18. The highest BCUT2D eigenvalue weighted by Crippen LogP contribution is 2.24. The van der Waals surface area contributed by atoms with E-state index in [0.29, 0.717) is 49.2 Å². The SMILES string of the molecule is CCc1ncnc(N(C)CC2CCN(C(=O)c3cc4ccccc4[nH]3)CC2)c1F. The van der Waals surface area contributed by atoms with E-state index in [2.05, 4.69) is 15.0 Å². The first kappa shape index (κ1) is 19.4. The Balaban J connectivity index is 1.36. The van der Waals surface area contributed by atoms with Crippen LogP contribution in [-0.4, -0.2) is 52.4 Å². The van der Waals surface area contributed by atoms with Crippen molar-refractivity contribution in [1.82, 2.24) is 19.9 Å². The molecule has 152 valence electrons. The zero-order valence-electron chi connectivity index (χ0n) is 16.9. The van der Waals surface area contributed by atoms with Crippen LogP contribution in [0.15, 0.2) is 36.7 Å². The largest absolute Gasteiger partial charge is 0.357 e. The number of carbonyl (C=O) groups excluding carboxylic acids is 1. The number of hydrogen-bond acceptors (Lipinski definition) is 4. The minimum Gasteiger partial charge on any atom is -0.357 e. The Morgan fingerprint density at radius 3 is 2.76 bits per heavy atom. The summed E-state index contributed by atoms with van der Waals surface area (Å²) in [6.07, 6.45) is 3.76. The predicted molar refractivity (Wildman–Crippen MR) is 112 cm³/mol. The van der Waals surface area contributed by atoms with E-state index < -0.39 is 0 Å². The first-order valence-corrected chi connectivity index (χ1v) is 10.1. The van der Waals surface area contributed by atoms with Crippen LogP contribution in [0.25, 0.3) is 10.9 Å². The third kappa shape index (κ3) is 3.95. The summed E-state index contributed by atoms with van der Waals surface area (Å²) >= 11 is 0. The van der Waals surface area contributed by atoms with Gasteiger partial charge in [0.2, 0.25) is 0 Å². The third-order valence-electron chi connectivity index (χ3n) is 5.73. The lowest BCUT2D eigenvalue weighted by Gasteiger charge is -2.34. The van der Waals surface area contributed by atoms with Crippen molar-refractivity contribution < 1.29 is 9.18 Å². The molecule has 1 N–H and O–H groups in total. The molecule has 7 heteroatoms. The summed E-state index contributed by atoms with van der Waals surface area (Å²) in [6, 6.07) is 9.82. The number of hydrogen-bond donors (Lipinski definition) is 1. The predicted octanol–water partition coefficient (Wildman–Crippen LogP) is 3.65. The van der Waals surface area contributed by atoms with Gasteiger partial charge in [-0.3, -0.25) is 4.79 Å². The van der Waals surface area contributed by atoms with Gasteiger partial charge in [-0.05, 0) is 37.3 Å². The molecule has 0 spiro atoms. The average molecular weight is 395 g/mol. The standard InChI is InChI=1S/C22H26FN5O/c1-3-17-20(23)21(25-14-24-17)27(2)13-15-8-10-28(11-9-15)22(29)19-12-16-6-4-5-7-18(16)26-19/h4-7,12,14-15,26H,3,8-11,13H2,1-2H3. The molecule has 2 aromatic heterocycles. The second-order valence-electron chi connectivity index (χ2n) is 7.70. The van der Waals surface area contributed by atoms with Crippen LogP contribution in [0.5, 0.6) is 0 Å². The molecular formula is C22H26FN5O. The third-order valence-corrected chi connectivity index (χ3v) is 5.73. The van der Waals surface area contributed by atoms with Crippen LogP contribution in [0.3, 0.4) is 0 Å². The lowest BCUT2D eigenvalue weighted by Crippen LogP contribution is -2.41. The minimum atomic E-state index is -0.330. The summed E-state index contributed by atoms with van der Waals surface area (Å²) in [4.78, 5) is 28.0. The Kier molecular flexibility index (Phi) is 5.47. The fourth-order valence-electron chi connectivity index (χ4n) is 4.06. The number of likely N-dealkylation sites (tertiary alicyclic amines) is 1. The summed E-state index contributed by atoms with van der Waals surface area (Å²) in [7, 11) is 1.87. The van der Waals surface area contributed by atoms with E-state index in [0.717, 1.165) is 23.7 Å². The molecule has 1 fully saturated rings. The van der Waals surface area contributed by atoms with Crippen molar-refractivity contribution in [2.24, 2.45) is 5.92 Å². The Morgan fingerprint density at radius 1 is 1.28 bits per heavy atom. The number of aromatic amines is 1. The van der Waals surface area contributed by atoms with Gasteiger partial charge in [0, 0.05) is 37.6 Å². The molecule has 1 aliphatic rings. The van der Waals surface area contributed by atoms with Crippen molar-refractivity contribution in [2.75, 3.05) is 31.6 Å². The van der Waals surface area contributed by atoms with Crippen LogP contribution >= 0.6 is 0 Å². The topological polar surface area (TPSA) is 65.1 Å². The number of benzene rings is 1. The number of nitrogens with zero attached hydrogens (tertiary/aromatic N) is 4. The number of nitrogens with one attached hydrogen (secondary N) is 1. The Bertz CT molecular complexity index is 976. The van der Waals surface area contributed by atoms with Crippen LogP contribution < -0.4 is 4.90 Å². The zero-order chi connectivity index (χ0) is 20.4. The first-order valence-electron chi connectivity index (χ1n) is 10.1. The quantitative estimate of drug-likeness (QED) is 0.716. The molecule has 1 aliphatic heterocycles. The van der Waals surface area contributed by atoms with E-state index in [1.54, 1.807) is 0 Å². The van der Waals surface area contributed by atoms with Gasteiger partial charge in [-0.25, -0.2) is 14.4 Å². The molecule has 1 amide bonds. The lowest BCUT2D eigenvalue weighted by molar-refractivity contribution is 0.0688. The Labute approximate surface area is 169 Å². The van der Waals surface area contributed by atoms with Gasteiger partial charge in [0.05, 0.1) is 5.69 Å². The van der Waals surface area contributed by atoms with Crippen molar-refractivity contribution in [3.8, 4) is 0 Å². The summed E-state index contributed by atoms with van der Waals surface area (Å²) in [5, 5.41) is 1.05. The van der Waals surface area contributed by atoms with Gasteiger partial charge < -0.3 is 14.8 Å². The summed E-state index contributed by atoms with van der Waals surface area (Å²) < 4.78 is 14.5. The fourth-order valence-corrected chi connectivity index (χ4v) is 4.06. The van der Waals surface area contributed by atoms with Crippen molar-refractivity contribution in [2.45, 2.75) is 26.2 Å². The van der Waals surface area contributed by atoms with Gasteiger partial charge in [0.25, 0.3) is 5.91 Å². The Morgan fingerprint density at radius 2 is 2.03 bits per heavy atom. The van der Waals surface area contributed by atoms with Gasteiger partial charge in [0.1, 0.15) is 12.0 Å². The number of H-pyrrole nitrogens is 1. The van der Waals surface area contributed by atoms with Gasteiger partial charge in [-0.1, -0.05) is 25.1 Å². The highest BCUT2D eigenvalue weighted by Gasteiger charge is 2.26. The molecule has 0 atom stereocenters. The second-order valence-corrected chi connectivity index (χ2v) is 7.70. The first-order chi connectivity index (χ1) is 14.1. The molecule has 0 aliphatic carbocycles. The van der Waals surface area contributed by atoms with Gasteiger partial charge >= 0.3 is 0 Å². The number of carbonyl (C=O) groups is 1. The van der Waals surface area contributed by atoms with E-state index in [9.17, 15) is 9.18 Å². The zero-order valence-corrected chi connectivity index (χ0v) is 16.9. The van der Waals surface area contributed by atoms with Crippen molar-refractivity contribution >= 4 is 22.6 Å².